The number of carbonyl (C=O) groups is 1. The summed E-state index contributed by atoms with van der Waals surface area (Å²) in [5.74, 6) is 0.426. The number of benzene rings is 1. The lowest BCUT2D eigenvalue weighted by Crippen LogP contribution is -2.32. The molecule has 0 radical (unpaired) electrons. The molecule has 1 amide bonds. The quantitative estimate of drug-likeness (QED) is 0.656. The highest BCUT2D eigenvalue weighted by Crippen LogP contribution is 2.11. The molecule has 0 unspecified atom stereocenters. The number of para-hydroxylation sites is 1. The lowest BCUT2D eigenvalue weighted by Gasteiger charge is -2.07. The van der Waals surface area contributed by atoms with Crippen LogP contribution in [0.25, 0.3) is 0 Å². The Morgan fingerprint density at radius 1 is 1.26 bits per heavy atom. The van der Waals surface area contributed by atoms with E-state index in [0.717, 1.165) is 11.4 Å². The largest absolute Gasteiger partial charge is 0.450 e. The average molecular weight is 257 g/mol. The summed E-state index contributed by atoms with van der Waals surface area (Å²) >= 11 is 0. The molecule has 5 nitrogen and oxygen atoms in total. The summed E-state index contributed by atoms with van der Waals surface area (Å²) in [5, 5.41) is 2.63. The van der Waals surface area contributed by atoms with E-state index < -0.39 is 6.09 Å². The van der Waals surface area contributed by atoms with E-state index in [1.165, 1.54) is 0 Å². The van der Waals surface area contributed by atoms with E-state index in [0.29, 0.717) is 12.4 Å². The van der Waals surface area contributed by atoms with Crippen molar-refractivity contribution in [3.8, 4) is 0 Å². The molecular formula is C14H15N3O2. The van der Waals surface area contributed by atoms with Crippen LogP contribution in [0.15, 0.2) is 53.7 Å². The zero-order chi connectivity index (χ0) is 13.5. The molecule has 0 aliphatic rings. The molecular weight excluding hydrogens is 242 g/mol. The van der Waals surface area contributed by atoms with Gasteiger partial charge in [-0.05, 0) is 31.2 Å². The molecule has 0 atom stereocenters. The smallest absolute Gasteiger partial charge is 0.412 e. The second kappa shape index (κ2) is 6.39. The van der Waals surface area contributed by atoms with Crippen LogP contribution in [0.2, 0.25) is 0 Å². The van der Waals surface area contributed by atoms with Crippen molar-refractivity contribution in [1.29, 1.82) is 0 Å². The molecule has 1 aromatic heterocycles. The van der Waals surface area contributed by atoms with Gasteiger partial charge in [-0.3, -0.25) is 5.32 Å². The Bertz CT molecular complexity index is 547. The number of amides is 1. The predicted octanol–water partition coefficient (Wildman–Crippen LogP) is 2.84. The topological polar surface area (TPSA) is 66.5 Å². The summed E-state index contributed by atoms with van der Waals surface area (Å²) < 4.78 is 4.86. The van der Waals surface area contributed by atoms with Crippen molar-refractivity contribution >= 4 is 17.6 Å². The summed E-state index contributed by atoms with van der Waals surface area (Å²) in [6.07, 6.45) is 1.25. The van der Waals surface area contributed by atoms with Crippen LogP contribution in [-0.2, 0) is 4.74 Å². The van der Waals surface area contributed by atoms with Crippen LogP contribution in [0, 0.1) is 0 Å². The maximum absolute atomic E-state index is 11.5. The molecule has 0 saturated carbocycles. The minimum atomic E-state index is -0.521. The molecule has 98 valence electrons. The van der Waals surface area contributed by atoms with Crippen LogP contribution in [0.4, 0.5) is 10.5 Å². The van der Waals surface area contributed by atoms with Gasteiger partial charge in [-0.15, -0.1) is 0 Å². The molecule has 5 heteroatoms. The number of aromatic amines is 1. The number of amidine groups is 1. The lowest BCUT2D eigenvalue weighted by molar-refractivity contribution is 0.158. The first-order valence-electron chi connectivity index (χ1n) is 6.01. The first-order valence-corrected chi connectivity index (χ1v) is 6.01. The third kappa shape index (κ3) is 3.70. The Morgan fingerprint density at radius 2 is 2.05 bits per heavy atom. The molecule has 2 aromatic rings. The standard InChI is InChI=1S/C14H15N3O2/c1-2-19-14(18)17-13(12-9-6-10-15-12)16-11-7-4-3-5-8-11/h3-10,15H,2H2,1H3,(H,16,17,18). The van der Waals surface area contributed by atoms with Crippen molar-refractivity contribution in [2.45, 2.75) is 6.92 Å². The van der Waals surface area contributed by atoms with E-state index in [-0.39, 0.29) is 0 Å². The first-order chi connectivity index (χ1) is 9.29. The minimum Gasteiger partial charge on any atom is -0.450 e. The molecule has 0 aliphatic carbocycles. The number of aromatic nitrogens is 1. The molecule has 0 fully saturated rings. The van der Waals surface area contributed by atoms with E-state index in [1.807, 2.05) is 42.5 Å². The van der Waals surface area contributed by atoms with Crippen LogP contribution >= 0.6 is 0 Å². The Labute approximate surface area is 111 Å². The van der Waals surface area contributed by atoms with Gasteiger partial charge in [-0.2, -0.15) is 0 Å². The van der Waals surface area contributed by atoms with Gasteiger partial charge >= 0.3 is 6.09 Å². The van der Waals surface area contributed by atoms with Crippen molar-refractivity contribution in [3.05, 3.63) is 54.4 Å². The number of nitrogens with one attached hydrogen (secondary N) is 2. The van der Waals surface area contributed by atoms with E-state index >= 15 is 0 Å². The fraction of sp³-hybridized carbons (Fsp3) is 0.143. The SMILES string of the molecule is CCOC(=O)NC(=Nc1ccccc1)c1ccc[nH]1. The highest BCUT2D eigenvalue weighted by atomic mass is 16.5. The van der Waals surface area contributed by atoms with Crippen molar-refractivity contribution in [2.75, 3.05) is 6.61 Å². The minimum absolute atomic E-state index is 0.315. The van der Waals surface area contributed by atoms with Crippen molar-refractivity contribution in [1.82, 2.24) is 10.3 Å². The zero-order valence-corrected chi connectivity index (χ0v) is 10.6. The van der Waals surface area contributed by atoms with Crippen LogP contribution in [-0.4, -0.2) is 23.5 Å². The molecule has 1 heterocycles. The molecule has 19 heavy (non-hydrogen) atoms. The third-order valence-electron chi connectivity index (χ3n) is 2.35. The highest BCUT2D eigenvalue weighted by molar-refractivity contribution is 6.06. The van der Waals surface area contributed by atoms with Gasteiger partial charge in [0.1, 0.15) is 0 Å². The van der Waals surface area contributed by atoms with E-state index in [9.17, 15) is 4.79 Å². The number of aliphatic imine (C=N–C) groups is 1. The maximum atomic E-state index is 11.5. The Kier molecular flexibility index (Phi) is 4.34. The Morgan fingerprint density at radius 3 is 2.68 bits per heavy atom. The summed E-state index contributed by atoms with van der Waals surface area (Å²) in [6, 6.07) is 13.1. The molecule has 0 spiro atoms. The molecule has 0 bridgehead atoms. The number of nitrogens with zero attached hydrogens (tertiary/aromatic N) is 1. The molecule has 2 rings (SSSR count). The number of carbonyl (C=O) groups excluding carboxylic acids is 1. The molecule has 0 aliphatic heterocycles. The molecule has 0 saturated heterocycles. The van der Waals surface area contributed by atoms with E-state index in [2.05, 4.69) is 15.3 Å². The zero-order valence-electron chi connectivity index (χ0n) is 10.6. The number of H-pyrrole nitrogens is 1. The number of alkyl carbamates (subject to hydrolysis) is 1. The van der Waals surface area contributed by atoms with Crippen molar-refractivity contribution in [3.63, 3.8) is 0 Å². The third-order valence-corrected chi connectivity index (χ3v) is 2.35. The van der Waals surface area contributed by atoms with Gasteiger partial charge in [0.05, 0.1) is 18.0 Å². The van der Waals surface area contributed by atoms with Gasteiger partial charge < -0.3 is 9.72 Å². The number of rotatable bonds is 3. The van der Waals surface area contributed by atoms with E-state index in [1.54, 1.807) is 13.1 Å². The normalized spacial score (nSPS) is 11.1. The lowest BCUT2D eigenvalue weighted by atomic mass is 10.3. The van der Waals surface area contributed by atoms with Gasteiger partial charge in [0, 0.05) is 6.20 Å². The molecule has 1 aromatic carbocycles. The van der Waals surface area contributed by atoms with Crippen LogP contribution in [0.3, 0.4) is 0 Å². The fourth-order valence-electron chi connectivity index (χ4n) is 1.53. The summed E-state index contributed by atoms with van der Waals surface area (Å²) in [4.78, 5) is 18.9. The number of ether oxygens (including phenoxy) is 1. The maximum Gasteiger partial charge on any atom is 0.412 e. The monoisotopic (exact) mass is 257 g/mol. The van der Waals surface area contributed by atoms with Gasteiger partial charge in [0.25, 0.3) is 0 Å². The Balaban J connectivity index is 2.25. The van der Waals surface area contributed by atoms with Crippen LogP contribution in [0.1, 0.15) is 12.6 Å². The number of hydrogen-bond donors (Lipinski definition) is 2. The van der Waals surface area contributed by atoms with Gasteiger partial charge in [-0.25, -0.2) is 9.79 Å². The summed E-state index contributed by atoms with van der Waals surface area (Å²) in [5.41, 5.74) is 1.47. The van der Waals surface area contributed by atoms with Crippen molar-refractivity contribution in [2.24, 2.45) is 4.99 Å². The second-order valence-electron chi connectivity index (χ2n) is 3.73. The Hall–Kier alpha value is -2.56. The second-order valence-corrected chi connectivity index (χ2v) is 3.73. The molecule has 2 N–H and O–H groups in total. The average Bonchev–Trinajstić information content (AvgIpc) is 2.93. The van der Waals surface area contributed by atoms with Gasteiger partial charge in [0.15, 0.2) is 5.84 Å². The first kappa shape index (κ1) is 12.9. The number of hydrogen-bond acceptors (Lipinski definition) is 3. The fourth-order valence-corrected chi connectivity index (χ4v) is 1.53. The van der Waals surface area contributed by atoms with E-state index in [4.69, 9.17) is 4.74 Å². The van der Waals surface area contributed by atoms with Crippen LogP contribution in [0.5, 0.6) is 0 Å². The van der Waals surface area contributed by atoms with Gasteiger partial charge in [0.2, 0.25) is 0 Å². The summed E-state index contributed by atoms with van der Waals surface area (Å²) in [6.45, 7) is 2.07. The van der Waals surface area contributed by atoms with Gasteiger partial charge in [-0.1, -0.05) is 18.2 Å². The highest BCUT2D eigenvalue weighted by Gasteiger charge is 2.09. The van der Waals surface area contributed by atoms with Crippen molar-refractivity contribution < 1.29 is 9.53 Å². The predicted molar refractivity (Wildman–Crippen MR) is 73.6 cm³/mol. The van der Waals surface area contributed by atoms with Crippen LogP contribution < -0.4 is 5.32 Å². The summed E-state index contributed by atoms with van der Waals surface area (Å²) in [7, 11) is 0.